The molecule has 3 heterocycles. The SMILES string of the molecule is CC(C)n1c(=O)[nH]c2ncc(-c3cccc4ncccc34)nc21. The van der Waals surface area contributed by atoms with Crippen LogP contribution >= 0.6 is 0 Å². The second-order valence-electron chi connectivity index (χ2n) is 5.70. The van der Waals surface area contributed by atoms with Gasteiger partial charge in [0.1, 0.15) is 0 Å². The van der Waals surface area contributed by atoms with Gasteiger partial charge in [0, 0.05) is 23.2 Å². The van der Waals surface area contributed by atoms with Crippen LogP contribution in [0.5, 0.6) is 0 Å². The average Bonchev–Trinajstić information content (AvgIpc) is 2.89. The highest BCUT2D eigenvalue weighted by Gasteiger charge is 2.14. The van der Waals surface area contributed by atoms with E-state index in [4.69, 9.17) is 0 Å². The number of H-pyrrole nitrogens is 1. The molecule has 0 saturated heterocycles. The Morgan fingerprint density at radius 1 is 1.13 bits per heavy atom. The molecule has 0 atom stereocenters. The summed E-state index contributed by atoms with van der Waals surface area (Å²) in [6, 6.07) is 9.82. The third-order valence-corrected chi connectivity index (χ3v) is 3.86. The van der Waals surface area contributed by atoms with Gasteiger partial charge in [-0.15, -0.1) is 0 Å². The first-order valence-electron chi connectivity index (χ1n) is 7.46. The van der Waals surface area contributed by atoms with Crippen LogP contribution in [0.1, 0.15) is 19.9 Å². The lowest BCUT2D eigenvalue weighted by atomic mass is 10.1. The molecule has 6 nitrogen and oxygen atoms in total. The molecule has 0 aliphatic carbocycles. The Bertz CT molecular complexity index is 1070. The number of hydrogen-bond donors (Lipinski definition) is 1. The number of aromatic nitrogens is 5. The molecular formula is C17H15N5O. The minimum atomic E-state index is -0.188. The van der Waals surface area contributed by atoms with Gasteiger partial charge in [-0.25, -0.2) is 14.8 Å². The van der Waals surface area contributed by atoms with Crippen LogP contribution in [-0.4, -0.2) is 24.5 Å². The predicted molar refractivity (Wildman–Crippen MR) is 89.3 cm³/mol. The fourth-order valence-electron chi connectivity index (χ4n) is 2.83. The molecule has 114 valence electrons. The number of pyridine rings is 1. The molecule has 1 aromatic carbocycles. The van der Waals surface area contributed by atoms with E-state index in [0.717, 1.165) is 22.2 Å². The van der Waals surface area contributed by atoms with E-state index in [1.165, 1.54) is 0 Å². The average molecular weight is 305 g/mol. The molecule has 4 rings (SSSR count). The minimum absolute atomic E-state index is 0.00924. The number of aromatic amines is 1. The summed E-state index contributed by atoms with van der Waals surface area (Å²) in [6.45, 7) is 3.90. The van der Waals surface area contributed by atoms with E-state index >= 15 is 0 Å². The van der Waals surface area contributed by atoms with Crippen molar-refractivity contribution in [1.29, 1.82) is 0 Å². The van der Waals surface area contributed by atoms with E-state index in [0.29, 0.717) is 11.3 Å². The van der Waals surface area contributed by atoms with Gasteiger partial charge in [0.05, 0.1) is 17.4 Å². The van der Waals surface area contributed by atoms with Crippen LogP contribution in [0, 0.1) is 0 Å². The van der Waals surface area contributed by atoms with Gasteiger partial charge in [0.2, 0.25) is 0 Å². The summed E-state index contributed by atoms with van der Waals surface area (Å²) in [7, 11) is 0. The van der Waals surface area contributed by atoms with Crippen molar-refractivity contribution in [2.45, 2.75) is 19.9 Å². The van der Waals surface area contributed by atoms with Gasteiger partial charge >= 0.3 is 5.69 Å². The van der Waals surface area contributed by atoms with Crippen LogP contribution in [-0.2, 0) is 0 Å². The third-order valence-electron chi connectivity index (χ3n) is 3.86. The van der Waals surface area contributed by atoms with E-state index in [2.05, 4.69) is 19.9 Å². The smallest absolute Gasteiger partial charge is 0.289 e. The molecular weight excluding hydrogens is 290 g/mol. The molecule has 1 N–H and O–H groups in total. The fourth-order valence-corrected chi connectivity index (χ4v) is 2.83. The van der Waals surface area contributed by atoms with Crippen molar-refractivity contribution in [1.82, 2.24) is 24.5 Å². The molecule has 0 aliphatic rings. The summed E-state index contributed by atoms with van der Waals surface area (Å²) in [4.78, 5) is 28.2. The van der Waals surface area contributed by atoms with E-state index in [9.17, 15) is 4.79 Å². The minimum Gasteiger partial charge on any atom is -0.289 e. The van der Waals surface area contributed by atoms with Crippen molar-refractivity contribution in [2.75, 3.05) is 0 Å². The van der Waals surface area contributed by atoms with Gasteiger partial charge in [-0.3, -0.25) is 14.5 Å². The Morgan fingerprint density at radius 2 is 2.00 bits per heavy atom. The van der Waals surface area contributed by atoms with Gasteiger partial charge in [-0.1, -0.05) is 18.2 Å². The summed E-state index contributed by atoms with van der Waals surface area (Å²) >= 11 is 0. The van der Waals surface area contributed by atoms with Crippen molar-refractivity contribution in [3.8, 4) is 11.3 Å². The fraction of sp³-hybridized carbons (Fsp3) is 0.176. The number of rotatable bonds is 2. The monoisotopic (exact) mass is 305 g/mol. The second kappa shape index (κ2) is 5.01. The van der Waals surface area contributed by atoms with Crippen LogP contribution in [0.4, 0.5) is 0 Å². The Morgan fingerprint density at radius 3 is 2.83 bits per heavy atom. The molecule has 6 heteroatoms. The Labute approximate surface area is 131 Å². The Kier molecular flexibility index (Phi) is 2.97. The summed E-state index contributed by atoms with van der Waals surface area (Å²) in [6.07, 6.45) is 3.45. The quantitative estimate of drug-likeness (QED) is 0.618. The largest absolute Gasteiger partial charge is 0.329 e. The highest BCUT2D eigenvalue weighted by Crippen LogP contribution is 2.26. The topological polar surface area (TPSA) is 76.5 Å². The third kappa shape index (κ3) is 2.11. The maximum absolute atomic E-state index is 12.1. The predicted octanol–water partition coefficient (Wildman–Crippen LogP) is 2.92. The van der Waals surface area contributed by atoms with Crippen molar-refractivity contribution >= 4 is 22.2 Å². The van der Waals surface area contributed by atoms with E-state index < -0.39 is 0 Å². The van der Waals surface area contributed by atoms with E-state index in [-0.39, 0.29) is 11.7 Å². The van der Waals surface area contributed by atoms with Crippen LogP contribution in [0.2, 0.25) is 0 Å². The number of benzene rings is 1. The number of nitrogens with zero attached hydrogens (tertiary/aromatic N) is 4. The first kappa shape index (κ1) is 13.6. The van der Waals surface area contributed by atoms with Gasteiger partial charge in [-0.2, -0.15) is 0 Å². The molecule has 0 saturated carbocycles. The molecule has 0 fully saturated rings. The van der Waals surface area contributed by atoms with Gasteiger partial charge < -0.3 is 0 Å². The van der Waals surface area contributed by atoms with Crippen LogP contribution in [0.15, 0.2) is 47.5 Å². The highest BCUT2D eigenvalue weighted by molar-refractivity contribution is 5.93. The van der Waals surface area contributed by atoms with Crippen molar-refractivity contribution < 1.29 is 0 Å². The zero-order valence-corrected chi connectivity index (χ0v) is 12.8. The zero-order valence-electron chi connectivity index (χ0n) is 12.8. The Hall–Kier alpha value is -3.02. The molecule has 0 aliphatic heterocycles. The lowest BCUT2D eigenvalue weighted by Crippen LogP contribution is -2.18. The lowest BCUT2D eigenvalue weighted by Gasteiger charge is -2.08. The normalized spacial score (nSPS) is 11.6. The molecule has 0 unspecified atom stereocenters. The molecule has 0 radical (unpaired) electrons. The molecule has 23 heavy (non-hydrogen) atoms. The molecule has 0 spiro atoms. The second-order valence-corrected chi connectivity index (χ2v) is 5.70. The number of hydrogen-bond acceptors (Lipinski definition) is 4. The van der Waals surface area contributed by atoms with Crippen LogP contribution in [0.25, 0.3) is 33.5 Å². The number of fused-ring (bicyclic) bond motifs is 2. The van der Waals surface area contributed by atoms with Gasteiger partial charge in [0.25, 0.3) is 0 Å². The maximum Gasteiger partial charge on any atom is 0.329 e. The van der Waals surface area contributed by atoms with Crippen molar-refractivity contribution in [3.63, 3.8) is 0 Å². The van der Waals surface area contributed by atoms with Gasteiger partial charge in [0.15, 0.2) is 11.3 Å². The summed E-state index contributed by atoms with van der Waals surface area (Å²) in [5.41, 5.74) is 3.47. The van der Waals surface area contributed by atoms with Crippen LogP contribution in [0.3, 0.4) is 0 Å². The lowest BCUT2D eigenvalue weighted by molar-refractivity contribution is 0.593. The summed E-state index contributed by atoms with van der Waals surface area (Å²) < 4.78 is 1.62. The molecule has 3 aromatic heterocycles. The standard InChI is InChI=1S/C17H15N5O/c1-10(2)22-16-15(21-17(22)23)19-9-14(20-16)12-5-3-7-13-11(12)6-4-8-18-13/h3-10H,1-2H3,(H,19,21,23). The number of imidazole rings is 1. The molecule has 0 bridgehead atoms. The zero-order chi connectivity index (χ0) is 16.0. The number of nitrogens with one attached hydrogen (secondary N) is 1. The highest BCUT2D eigenvalue weighted by atomic mass is 16.1. The van der Waals surface area contributed by atoms with Gasteiger partial charge in [-0.05, 0) is 26.0 Å². The first-order valence-corrected chi connectivity index (χ1v) is 7.46. The van der Waals surface area contributed by atoms with Crippen molar-refractivity contribution in [3.05, 3.63) is 53.2 Å². The Balaban J connectivity index is 2.02. The summed E-state index contributed by atoms with van der Waals surface area (Å²) in [5.74, 6) is 0. The maximum atomic E-state index is 12.1. The molecule has 0 amide bonds. The molecule has 4 aromatic rings. The van der Waals surface area contributed by atoms with Crippen molar-refractivity contribution in [2.24, 2.45) is 0 Å². The van der Waals surface area contributed by atoms with E-state index in [1.807, 2.05) is 44.2 Å². The van der Waals surface area contributed by atoms with E-state index in [1.54, 1.807) is 17.0 Å². The first-order chi connectivity index (χ1) is 11.1. The summed E-state index contributed by atoms with van der Waals surface area (Å²) in [5, 5.41) is 1.01. The van der Waals surface area contributed by atoms with Crippen LogP contribution < -0.4 is 5.69 Å².